The van der Waals surface area contributed by atoms with Crippen LogP contribution in [0.2, 0.25) is 5.02 Å². The summed E-state index contributed by atoms with van der Waals surface area (Å²) in [7, 11) is 0. The van der Waals surface area contributed by atoms with Crippen molar-refractivity contribution in [2.24, 2.45) is 0 Å². The Labute approximate surface area is 158 Å². The van der Waals surface area contributed by atoms with Crippen molar-refractivity contribution in [3.8, 4) is 0 Å². The molecule has 1 amide bonds. The van der Waals surface area contributed by atoms with Crippen LogP contribution in [0.5, 0.6) is 0 Å². The average Bonchev–Trinajstić information content (AvgIpc) is 2.68. The number of hydrogen-bond donors (Lipinski definition) is 2. The highest BCUT2D eigenvalue weighted by Gasteiger charge is 2.09. The van der Waals surface area contributed by atoms with Gasteiger partial charge in [-0.2, -0.15) is 0 Å². The fourth-order valence-electron chi connectivity index (χ4n) is 2.55. The van der Waals surface area contributed by atoms with Crippen LogP contribution in [0.15, 0.2) is 72.9 Å². The number of hydrogen-bond acceptors (Lipinski definition) is 3. The molecule has 3 rings (SSSR count). The summed E-state index contributed by atoms with van der Waals surface area (Å²) in [4.78, 5) is 16.5. The van der Waals surface area contributed by atoms with Gasteiger partial charge < -0.3 is 10.6 Å². The Hall–Kier alpha value is -2.85. The molecular formula is C21H20ClN3O. The average molecular weight is 366 g/mol. The lowest BCUT2D eigenvalue weighted by atomic mass is 10.1. The van der Waals surface area contributed by atoms with Crippen molar-refractivity contribution in [1.82, 2.24) is 4.98 Å². The number of halogens is 1. The minimum Gasteiger partial charge on any atom is -0.384 e. The number of nitrogens with zero attached hydrogens (tertiary/aromatic N) is 1. The van der Waals surface area contributed by atoms with Crippen molar-refractivity contribution < 1.29 is 4.79 Å². The van der Waals surface area contributed by atoms with Gasteiger partial charge in [0.15, 0.2) is 0 Å². The molecule has 0 saturated heterocycles. The number of benzene rings is 2. The topological polar surface area (TPSA) is 54.0 Å². The third-order valence-electron chi connectivity index (χ3n) is 3.93. The number of nitrogens with one attached hydrogen (secondary N) is 2. The highest BCUT2D eigenvalue weighted by molar-refractivity contribution is 6.33. The van der Waals surface area contributed by atoms with E-state index < -0.39 is 0 Å². The first-order chi connectivity index (χ1) is 12.7. The van der Waals surface area contributed by atoms with Crippen LogP contribution in [-0.4, -0.2) is 17.4 Å². The lowest BCUT2D eigenvalue weighted by molar-refractivity contribution is 0.102. The van der Waals surface area contributed by atoms with Gasteiger partial charge in [0, 0.05) is 6.54 Å². The van der Waals surface area contributed by atoms with Crippen LogP contribution in [0.25, 0.3) is 0 Å². The monoisotopic (exact) mass is 365 g/mol. The van der Waals surface area contributed by atoms with E-state index in [1.54, 1.807) is 24.4 Å². The maximum absolute atomic E-state index is 12.2. The molecule has 0 aliphatic carbocycles. The van der Waals surface area contributed by atoms with Crippen molar-refractivity contribution in [1.29, 1.82) is 0 Å². The Morgan fingerprint density at radius 1 is 0.962 bits per heavy atom. The molecule has 1 aromatic heterocycles. The van der Waals surface area contributed by atoms with E-state index in [2.05, 4.69) is 39.9 Å². The van der Waals surface area contributed by atoms with Gasteiger partial charge in [0.1, 0.15) is 5.69 Å². The number of carbonyl (C=O) groups is 1. The molecule has 4 nitrogen and oxygen atoms in total. The SMILES string of the molecule is O=C(Nc1ccccc1Cl)c1ccc(NCCCc2ccccc2)cn1. The van der Waals surface area contributed by atoms with Crippen molar-refractivity contribution in [3.05, 3.63) is 89.2 Å². The fraction of sp³-hybridized carbons (Fsp3) is 0.143. The van der Waals surface area contributed by atoms with Crippen LogP contribution < -0.4 is 10.6 Å². The van der Waals surface area contributed by atoms with Crippen molar-refractivity contribution >= 4 is 28.9 Å². The number of amides is 1. The van der Waals surface area contributed by atoms with Gasteiger partial charge in [-0.15, -0.1) is 0 Å². The zero-order valence-corrected chi connectivity index (χ0v) is 15.0. The summed E-state index contributed by atoms with van der Waals surface area (Å²) in [5.41, 5.74) is 3.15. The molecule has 0 unspecified atom stereocenters. The summed E-state index contributed by atoms with van der Waals surface area (Å²) in [6, 6.07) is 21.1. The van der Waals surface area contributed by atoms with Crippen molar-refractivity contribution in [3.63, 3.8) is 0 Å². The number of rotatable bonds is 7. The maximum Gasteiger partial charge on any atom is 0.274 e. The Kier molecular flexibility index (Phi) is 6.23. The van der Waals surface area contributed by atoms with Gasteiger partial charge in [-0.3, -0.25) is 4.79 Å². The van der Waals surface area contributed by atoms with Crippen LogP contribution >= 0.6 is 11.6 Å². The molecule has 1 heterocycles. The summed E-state index contributed by atoms with van der Waals surface area (Å²) >= 11 is 6.05. The van der Waals surface area contributed by atoms with Gasteiger partial charge in [0.05, 0.1) is 22.6 Å². The van der Waals surface area contributed by atoms with Crippen LogP contribution in [0.3, 0.4) is 0 Å². The van der Waals surface area contributed by atoms with E-state index in [1.165, 1.54) is 5.56 Å². The number of pyridine rings is 1. The third-order valence-corrected chi connectivity index (χ3v) is 4.26. The number of anilines is 2. The van der Waals surface area contributed by atoms with E-state index >= 15 is 0 Å². The Morgan fingerprint density at radius 3 is 2.46 bits per heavy atom. The Bertz CT molecular complexity index is 851. The van der Waals surface area contributed by atoms with E-state index in [0.29, 0.717) is 16.4 Å². The fourth-order valence-corrected chi connectivity index (χ4v) is 2.73. The molecule has 0 aliphatic heterocycles. The molecule has 0 radical (unpaired) electrons. The van der Waals surface area contributed by atoms with Gasteiger partial charge in [-0.05, 0) is 42.7 Å². The quantitative estimate of drug-likeness (QED) is 0.577. The lowest BCUT2D eigenvalue weighted by Gasteiger charge is -2.08. The molecule has 0 saturated carbocycles. The third kappa shape index (κ3) is 5.07. The van der Waals surface area contributed by atoms with Crippen LogP contribution in [-0.2, 0) is 6.42 Å². The molecule has 26 heavy (non-hydrogen) atoms. The Morgan fingerprint density at radius 2 is 1.73 bits per heavy atom. The van der Waals surface area contributed by atoms with Gasteiger partial charge in [0.25, 0.3) is 5.91 Å². The van der Waals surface area contributed by atoms with Crippen LogP contribution in [0.4, 0.5) is 11.4 Å². The smallest absolute Gasteiger partial charge is 0.274 e. The molecule has 132 valence electrons. The summed E-state index contributed by atoms with van der Waals surface area (Å²) in [5.74, 6) is -0.284. The molecule has 0 spiro atoms. The Balaban J connectivity index is 1.48. The highest BCUT2D eigenvalue weighted by atomic mass is 35.5. The van der Waals surface area contributed by atoms with E-state index in [9.17, 15) is 4.79 Å². The molecule has 0 fully saturated rings. The molecule has 2 N–H and O–H groups in total. The highest BCUT2D eigenvalue weighted by Crippen LogP contribution is 2.21. The van der Waals surface area contributed by atoms with E-state index in [4.69, 9.17) is 11.6 Å². The molecule has 0 aliphatic rings. The van der Waals surface area contributed by atoms with Gasteiger partial charge in [0.2, 0.25) is 0 Å². The second kappa shape index (κ2) is 9.02. The van der Waals surface area contributed by atoms with Crippen molar-refractivity contribution in [2.75, 3.05) is 17.2 Å². The molecule has 0 bridgehead atoms. The normalized spacial score (nSPS) is 10.3. The molecule has 5 heteroatoms. The predicted molar refractivity (Wildman–Crippen MR) is 107 cm³/mol. The van der Waals surface area contributed by atoms with Gasteiger partial charge in [-0.1, -0.05) is 54.1 Å². The minimum absolute atomic E-state index is 0.284. The summed E-state index contributed by atoms with van der Waals surface area (Å²) in [6.45, 7) is 0.849. The first kappa shape index (κ1) is 18.0. The first-order valence-corrected chi connectivity index (χ1v) is 8.90. The van der Waals surface area contributed by atoms with Crippen LogP contribution in [0.1, 0.15) is 22.5 Å². The van der Waals surface area contributed by atoms with Gasteiger partial charge >= 0.3 is 0 Å². The molecule has 3 aromatic rings. The second-order valence-corrected chi connectivity index (χ2v) is 6.29. The molecule has 2 aromatic carbocycles. The number of aryl methyl sites for hydroxylation is 1. The molecule has 0 atom stereocenters. The van der Waals surface area contributed by atoms with E-state index in [1.807, 2.05) is 24.3 Å². The summed E-state index contributed by atoms with van der Waals surface area (Å²) < 4.78 is 0. The number of carbonyl (C=O) groups excluding carboxylic acids is 1. The summed E-state index contributed by atoms with van der Waals surface area (Å²) in [5, 5.41) is 6.58. The maximum atomic E-state index is 12.2. The van der Waals surface area contributed by atoms with E-state index in [0.717, 1.165) is 25.1 Å². The first-order valence-electron chi connectivity index (χ1n) is 8.52. The minimum atomic E-state index is -0.284. The van der Waals surface area contributed by atoms with Crippen molar-refractivity contribution in [2.45, 2.75) is 12.8 Å². The van der Waals surface area contributed by atoms with E-state index in [-0.39, 0.29) is 5.91 Å². The predicted octanol–water partition coefficient (Wildman–Crippen LogP) is 5.03. The second-order valence-electron chi connectivity index (χ2n) is 5.88. The number of para-hydroxylation sites is 1. The molecular weight excluding hydrogens is 346 g/mol. The zero-order valence-electron chi connectivity index (χ0n) is 14.3. The largest absolute Gasteiger partial charge is 0.384 e. The zero-order chi connectivity index (χ0) is 18.2. The number of aromatic nitrogens is 1. The van der Waals surface area contributed by atoms with Crippen LogP contribution in [0, 0.1) is 0 Å². The summed E-state index contributed by atoms with van der Waals surface area (Å²) in [6.07, 6.45) is 3.72. The van der Waals surface area contributed by atoms with Gasteiger partial charge in [-0.25, -0.2) is 4.98 Å². The standard InChI is InChI=1S/C21H20ClN3O/c22-18-10-4-5-11-19(18)25-21(26)20-13-12-17(15-24-20)23-14-6-9-16-7-2-1-3-8-16/h1-5,7-8,10-13,15,23H,6,9,14H2,(H,25,26). The lowest BCUT2D eigenvalue weighted by Crippen LogP contribution is -2.14.